The van der Waals surface area contributed by atoms with Gasteiger partial charge in [-0.05, 0) is 42.8 Å². The lowest BCUT2D eigenvalue weighted by atomic mass is 10.2. The molecule has 2 N–H and O–H groups in total. The van der Waals surface area contributed by atoms with Gasteiger partial charge in [-0.3, -0.25) is 9.59 Å². The van der Waals surface area contributed by atoms with Crippen LogP contribution < -0.4 is 15.4 Å². The molecule has 2 amide bonds. The summed E-state index contributed by atoms with van der Waals surface area (Å²) in [5.74, 6) is 0.644. The predicted molar refractivity (Wildman–Crippen MR) is 99.7 cm³/mol. The van der Waals surface area contributed by atoms with Crippen LogP contribution in [0.1, 0.15) is 26.7 Å². The average molecular weight is 340 g/mol. The summed E-state index contributed by atoms with van der Waals surface area (Å²) in [4.78, 5) is 23.6. The number of para-hydroxylation sites is 1. The van der Waals surface area contributed by atoms with Gasteiger partial charge in [-0.15, -0.1) is 0 Å². The third kappa shape index (κ3) is 6.67. The minimum atomic E-state index is -0.0718. The van der Waals surface area contributed by atoms with Gasteiger partial charge in [0.1, 0.15) is 5.75 Å². The molecule has 0 aliphatic rings. The van der Waals surface area contributed by atoms with Crippen LogP contribution in [0.2, 0.25) is 0 Å². The van der Waals surface area contributed by atoms with Gasteiger partial charge in [-0.1, -0.05) is 32.0 Å². The molecule has 0 bridgehead atoms. The second kappa shape index (κ2) is 9.47. The van der Waals surface area contributed by atoms with Gasteiger partial charge in [0.2, 0.25) is 11.8 Å². The zero-order valence-electron chi connectivity index (χ0n) is 14.6. The van der Waals surface area contributed by atoms with E-state index in [0.717, 1.165) is 5.75 Å². The van der Waals surface area contributed by atoms with Crippen molar-refractivity contribution >= 4 is 23.2 Å². The highest BCUT2D eigenvalue weighted by Gasteiger charge is 2.07. The number of hydrogen-bond acceptors (Lipinski definition) is 3. The normalized spacial score (nSPS) is 10.4. The number of rotatable bonds is 8. The van der Waals surface area contributed by atoms with Gasteiger partial charge < -0.3 is 15.4 Å². The number of hydrogen-bond donors (Lipinski definition) is 2. The molecule has 0 fully saturated rings. The highest BCUT2D eigenvalue weighted by molar-refractivity contribution is 5.93. The minimum absolute atomic E-state index is 0.0322. The van der Waals surface area contributed by atoms with E-state index in [4.69, 9.17) is 4.74 Å². The van der Waals surface area contributed by atoms with Crippen LogP contribution in [0.25, 0.3) is 0 Å². The highest BCUT2D eigenvalue weighted by Crippen LogP contribution is 2.15. The van der Waals surface area contributed by atoms with Crippen LogP contribution in [0.15, 0.2) is 54.6 Å². The molecular weight excluding hydrogens is 316 g/mol. The fourth-order valence-corrected chi connectivity index (χ4v) is 2.09. The molecule has 0 aromatic heterocycles. The standard InChI is InChI=1S/C20H24N2O3/c1-15(2)20(24)22-17-12-10-16(11-13-17)21-19(23)9-6-14-25-18-7-4-3-5-8-18/h3-5,7-8,10-13,15H,6,9,14H2,1-2H3,(H,21,23)(H,22,24). The quantitative estimate of drug-likeness (QED) is 0.712. The van der Waals surface area contributed by atoms with Gasteiger partial charge in [-0.2, -0.15) is 0 Å². The van der Waals surface area contributed by atoms with Gasteiger partial charge in [0.25, 0.3) is 0 Å². The number of anilines is 2. The Balaban J connectivity index is 1.70. The summed E-state index contributed by atoms with van der Waals surface area (Å²) in [7, 11) is 0. The Morgan fingerprint density at radius 2 is 1.52 bits per heavy atom. The van der Waals surface area contributed by atoms with E-state index in [1.54, 1.807) is 24.3 Å². The monoisotopic (exact) mass is 340 g/mol. The maximum atomic E-state index is 11.9. The predicted octanol–water partition coefficient (Wildman–Crippen LogP) is 4.08. The first-order valence-corrected chi connectivity index (χ1v) is 8.43. The largest absolute Gasteiger partial charge is 0.494 e. The van der Waals surface area contributed by atoms with Crippen LogP contribution in [-0.2, 0) is 9.59 Å². The summed E-state index contributed by atoms with van der Waals surface area (Å²) in [5.41, 5.74) is 1.42. The van der Waals surface area contributed by atoms with Crippen molar-refractivity contribution in [1.29, 1.82) is 0 Å². The summed E-state index contributed by atoms with van der Waals surface area (Å²) in [6, 6.07) is 16.6. The van der Waals surface area contributed by atoms with Crippen molar-refractivity contribution in [2.24, 2.45) is 5.92 Å². The van der Waals surface area contributed by atoms with Gasteiger partial charge in [0.15, 0.2) is 0 Å². The van der Waals surface area contributed by atoms with E-state index in [-0.39, 0.29) is 17.7 Å². The number of nitrogens with one attached hydrogen (secondary N) is 2. The fourth-order valence-electron chi connectivity index (χ4n) is 2.09. The van der Waals surface area contributed by atoms with E-state index < -0.39 is 0 Å². The molecule has 132 valence electrons. The van der Waals surface area contributed by atoms with Crippen molar-refractivity contribution in [3.8, 4) is 5.75 Å². The molecule has 2 aromatic rings. The molecule has 0 saturated carbocycles. The topological polar surface area (TPSA) is 67.4 Å². The molecule has 25 heavy (non-hydrogen) atoms. The van der Waals surface area contributed by atoms with E-state index >= 15 is 0 Å². The highest BCUT2D eigenvalue weighted by atomic mass is 16.5. The molecule has 5 nitrogen and oxygen atoms in total. The maximum Gasteiger partial charge on any atom is 0.226 e. The SMILES string of the molecule is CC(C)C(=O)Nc1ccc(NC(=O)CCCOc2ccccc2)cc1. The molecule has 5 heteroatoms. The average Bonchev–Trinajstić information content (AvgIpc) is 2.61. The molecule has 0 saturated heterocycles. The van der Waals surface area contributed by atoms with E-state index in [9.17, 15) is 9.59 Å². The summed E-state index contributed by atoms with van der Waals surface area (Å²) in [6.07, 6.45) is 1.03. The van der Waals surface area contributed by atoms with E-state index in [0.29, 0.717) is 30.8 Å². The van der Waals surface area contributed by atoms with Crippen molar-refractivity contribution in [1.82, 2.24) is 0 Å². The Morgan fingerprint density at radius 3 is 2.12 bits per heavy atom. The fraction of sp³-hybridized carbons (Fsp3) is 0.300. The molecule has 0 aliphatic heterocycles. The van der Waals surface area contributed by atoms with Crippen LogP contribution >= 0.6 is 0 Å². The lowest BCUT2D eigenvalue weighted by Gasteiger charge is -2.09. The third-order valence-electron chi connectivity index (χ3n) is 3.52. The number of benzene rings is 2. The molecule has 0 radical (unpaired) electrons. The van der Waals surface area contributed by atoms with E-state index in [1.165, 1.54) is 0 Å². The summed E-state index contributed by atoms with van der Waals surface area (Å²) >= 11 is 0. The van der Waals surface area contributed by atoms with E-state index in [2.05, 4.69) is 10.6 Å². The molecule has 0 spiro atoms. The lowest BCUT2D eigenvalue weighted by molar-refractivity contribution is -0.119. The van der Waals surface area contributed by atoms with E-state index in [1.807, 2.05) is 44.2 Å². The Kier molecular flexibility index (Phi) is 7.01. The molecule has 0 aliphatic carbocycles. The van der Waals surface area contributed by atoms with Crippen LogP contribution in [0.5, 0.6) is 5.75 Å². The van der Waals surface area contributed by atoms with Crippen molar-refractivity contribution in [3.63, 3.8) is 0 Å². The van der Waals surface area contributed by atoms with Crippen molar-refractivity contribution in [2.45, 2.75) is 26.7 Å². The number of ether oxygens (including phenoxy) is 1. The molecule has 0 atom stereocenters. The number of amides is 2. The van der Waals surface area contributed by atoms with Gasteiger partial charge >= 0.3 is 0 Å². The smallest absolute Gasteiger partial charge is 0.226 e. The van der Waals surface area contributed by atoms with Gasteiger partial charge in [0.05, 0.1) is 6.61 Å². The molecule has 2 rings (SSSR count). The Morgan fingerprint density at radius 1 is 0.920 bits per heavy atom. The lowest BCUT2D eigenvalue weighted by Crippen LogP contribution is -2.17. The maximum absolute atomic E-state index is 11.9. The first-order chi connectivity index (χ1) is 12.0. The second-order valence-corrected chi connectivity index (χ2v) is 6.03. The van der Waals surface area contributed by atoms with Crippen LogP contribution in [0, 0.1) is 5.92 Å². The van der Waals surface area contributed by atoms with Gasteiger partial charge in [0, 0.05) is 23.7 Å². The number of carbonyl (C=O) groups excluding carboxylic acids is 2. The van der Waals surface area contributed by atoms with Crippen molar-refractivity contribution < 1.29 is 14.3 Å². The van der Waals surface area contributed by atoms with Crippen LogP contribution in [-0.4, -0.2) is 18.4 Å². The molecule has 0 unspecified atom stereocenters. The zero-order valence-corrected chi connectivity index (χ0v) is 14.6. The Labute approximate surface area is 148 Å². The molecule has 0 heterocycles. The first kappa shape index (κ1) is 18.5. The number of carbonyl (C=O) groups is 2. The molecular formula is C20H24N2O3. The summed E-state index contributed by atoms with van der Waals surface area (Å²) < 4.78 is 5.56. The third-order valence-corrected chi connectivity index (χ3v) is 3.52. The minimum Gasteiger partial charge on any atom is -0.494 e. The molecule has 2 aromatic carbocycles. The van der Waals surface area contributed by atoms with Gasteiger partial charge in [-0.25, -0.2) is 0 Å². The summed E-state index contributed by atoms with van der Waals surface area (Å²) in [6.45, 7) is 4.18. The Hall–Kier alpha value is -2.82. The second-order valence-electron chi connectivity index (χ2n) is 6.03. The van der Waals surface area contributed by atoms with Crippen molar-refractivity contribution in [2.75, 3.05) is 17.2 Å². The zero-order chi connectivity index (χ0) is 18.1. The summed E-state index contributed by atoms with van der Waals surface area (Å²) in [5, 5.41) is 5.65. The first-order valence-electron chi connectivity index (χ1n) is 8.43. The van der Waals surface area contributed by atoms with Crippen LogP contribution in [0.3, 0.4) is 0 Å². The Bertz CT molecular complexity index is 682. The van der Waals surface area contributed by atoms with Crippen LogP contribution in [0.4, 0.5) is 11.4 Å². The van der Waals surface area contributed by atoms with Crippen molar-refractivity contribution in [3.05, 3.63) is 54.6 Å².